The lowest BCUT2D eigenvalue weighted by atomic mass is 9.84. The molecule has 2 aromatic rings. The van der Waals surface area contributed by atoms with Crippen LogP contribution in [0.5, 0.6) is 5.75 Å². The first-order chi connectivity index (χ1) is 11.4. The number of fused-ring (bicyclic) bond motifs is 1. The summed E-state index contributed by atoms with van der Waals surface area (Å²) in [6.07, 6.45) is 8.32. The van der Waals surface area contributed by atoms with E-state index in [0.29, 0.717) is 5.92 Å². The highest BCUT2D eigenvalue weighted by molar-refractivity contribution is 5.65. The van der Waals surface area contributed by atoms with Gasteiger partial charge in [-0.25, -0.2) is 0 Å². The van der Waals surface area contributed by atoms with Gasteiger partial charge in [0.05, 0.1) is 18.4 Å². The van der Waals surface area contributed by atoms with Gasteiger partial charge in [0.1, 0.15) is 5.75 Å². The summed E-state index contributed by atoms with van der Waals surface area (Å²) in [7, 11) is 0. The average molecular weight is 312 g/mol. The highest BCUT2D eigenvalue weighted by atomic mass is 16.5. The van der Waals surface area contributed by atoms with Gasteiger partial charge in [-0.3, -0.25) is 4.90 Å². The van der Waals surface area contributed by atoms with Crippen LogP contribution < -0.4 is 4.74 Å². The maximum Gasteiger partial charge on any atom is 0.170 e. The zero-order valence-electron chi connectivity index (χ0n) is 13.5. The van der Waals surface area contributed by atoms with Gasteiger partial charge < -0.3 is 9.26 Å². The predicted molar refractivity (Wildman–Crippen MR) is 89.4 cm³/mol. The Hall–Kier alpha value is -1.81. The summed E-state index contributed by atoms with van der Waals surface area (Å²) in [6.45, 7) is 3.35. The molecule has 2 fully saturated rings. The standard InChI is InChI=1S/C19H24N2O2/c1-2-9-18(16(7-1)19-10-11-20-23-19)22-14-15-6-5-13-21-12-4-3-8-17(15)21/h1-2,7,9-11,15,17H,3-6,8,12-14H2/t15-,17+/m0/s1. The van der Waals surface area contributed by atoms with Crippen molar-refractivity contribution in [3.63, 3.8) is 0 Å². The summed E-state index contributed by atoms with van der Waals surface area (Å²) in [5.41, 5.74) is 0.987. The van der Waals surface area contributed by atoms with E-state index in [0.717, 1.165) is 29.7 Å². The number of ether oxygens (including phenoxy) is 1. The van der Waals surface area contributed by atoms with Crippen molar-refractivity contribution in [2.75, 3.05) is 19.7 Å². The fourth-order valence-corrected chi connectivity index (χ4v) is 4.12. The van der Waals surface area contributed by atoms with Gasteiger partial charge in [0.25, 0.3) is 0 Å². The minimum absolute atomic E-state index is 0.645. The van der Waals surface area contributed by atoms with Crippen LogP contribution in [0.4, 0.5) is 0 Å². The van der Waals surface area contributed by atoms with Crippen LogP contribution in [0.3, 0.4) is 0 Å². The number of benzene rings is 1. The second kappa shape index (κ2) is 6.75. The van der Waals surface area contributed by atoms with Crippen molar-refractivity contribution in [3.05, 3.63) is 36.5 Å². The molecule has 23 heavy (non-hydrogen) atoms. The van der Waals surface area contributed by atoms with Crippen LogP contribution in [0.15, 0.2) is 41.1 Å². The second-order valence-corrected chi connectivity index (χ2v) is 6.69. The van der Waals surface area contributed by atoms with E-state index in [2.05, 4.69) is 10.1 Å². The first-order valence-electron chi connectivity index (χ1n) is 8.79. The Morgan fingerprint density at radius 2 is 2.00 bits per heavy atom. The van der Waals surface area contributed by atoms with Crippen molar-refractivity contribution in [2.24, 2.45) is 5.92 Å². The van der Waals surface area contributed by atoms with Gasteiger partial charge in [0.15, 0.2) is 5.76 Å². The summed E-state index contributed by atoms with van der Waals surface area (Å²) < 4.78 is 11.5. The second-order valence-electron chi connectivity index (χ2n) is 6.69. The molecule has 2 saturated heterocycles. The van der Waals surface area contributed by atoms with E-state index in [9.17, 15) is 0 Å². The van der Waals surface area contributed by atoms with E-state index >= 15 is 0 Å². The van der Waals surface area contributed by atoms with Crippen molar-refractivity contribution in [1.82, 2.24) is 10.1 Å². The zero-order valence-corrected chi connectivity index (χ0v) is 13.5. The van der Waals surface area contributed by atoms with E-state index in [1.807, 2.05) is 30.3 Å². The third-order valence-electron chi connectivity index (χ3n) is 5.27. The fraction of sp³-hybridized carbons (Fsp3) is 0.526. The Bertz CT molecular complexity index is 624. The first kappa shape index (κ1) is 14.8. The average Bonchev–Trinajstić information content (AvgIpc) is 3.14. The molecule has 0 amide bonds. The molecule has 2 aliphatic heterocycles. The first-order valence-corrected chi connectivity index (χ1v) is 8.79. The van der Waals surface area contributed by atoms with Gasteiger partial charge in [-0.15, -0.1) is 0 Å². The van der Waals surface area contributed by atoms with Crippen LogP contribution in [0, 0.1) is 5.92 Å². The number of piperidine rings is 2. The highest BCUT2D eigenvalue weighted by Crippen LogP contribution is 2.33. The quantitative estimate of drug-likeness (QED) is 0.856. The number of hydrogen-bond donors (Lipinski definition) is 0. The zero-order chi connectivity index (χ0) is 15.5. The van der Waals surface area contributed by atoms with Crippen molar-refractivity contribution >= 4 is 0 Å². The lowest BCUT2D eigenvalue weighted by Crippen LogP contribution is -2.49. The number of hydrogen-bond acceptors (Lipinski definition) is 4. The Labute approximate surface area is 137 Å². The number of rotatable bonds is 4. The molecule has 4 nitrogen and oxygen atoms in total. The molecule has 1 aromatic heterocycles. The third kappa shape index (κ3) is 3.13. The molecule has 1 aromatic carbocycles. The monoisotopic (exact) mass is 312 g/mol. The third-order valence-corrected chi connectivity index (χ3v) is 5.27. The van der Waals surface area contributed by atoms with Crippen LogP contribution in [0.1, 0.15) is 32.1 Å². The Balaban J connectivity index is 1.47. The maximum atomic E-state index is 6.23. The van der Waals surface area contributed by atoms with Gasteiger partial charge >= 0.3 is 0 Å². The van der Waals surface area contributed by atoms with Crippen LogP contribution >= 0.6 is 0 Å². The van der Waals surface area contributed by atoms with Gasteiger partial charge in [-0.2, -0.15) is 0 Å². The summed E-state index contributed by atoms with van der Waals surface area (Å²) >= 11 is 0. The highest BCUT2D eigenvalue weighted by Gasteiger charge is 2.33. The molecule has 4 heteroatoms. The van der Waals surface area contributed by atoms with E-state index in [1.54, 1.807) is 6.20 Å². The molecule has 0 saturated carbocycles. The molecular formula is C19H24N2O2. The summed E-state index contributed by atoms with van der Waals surface area (Å²) in [6, 6.07) is 10.7. The van der Waals surface area contributed by atoms with Crippen molar-refractivity contribution in [2.45, 2.75) is 38.1 Å². The van der Waals surface area contributed by atoms with Gasteiger partial charge in [0.2, 0.25) is 0 Å². The maximum absolute atomic E-state index is 6.23. The predicted octanol–water partition coefficient (Wildman–Crippen LogP) is 3.98. The van der Waals surface area contributed by atoms with Crippen molar-refractivity contribution in [1.29, 1.82) is 0 Å². The molecule has 0 N–H and O–H groups in total. The van der Waals surface area contributed by atoms with Crippen LogP contribution in [0.25, 0.3) is 11.3 Å². The molecular weight excluding hydrogens is 288 g/mol. The summed E-state index contributed by atoms with van der Waals surface area (Å²) in [4.78, 5) is 2.68. The minimum Gasteiger partial charge on any atom is -0.492 e. The fourth-order valence-electron chi connectivity index (χ4n) is 4.12. The van der Waals surface area contributed by atoms with Crippen LogP contribution in [0.2, 0.25) is 0 Å². The minimum atomic E-state index is 0.645. The molecule has 0 spiro atoms. The van der Waals surface area contributed by atoms with Crippen molar-refractivity contribution < 1.29 is 9.26 Å². The Morgan fingerprint density at radius 3 is 2.91 bits per heavy atom. The van der Waals surface area contributed by atoms with Crippen LogP contribution in [-0.4, -0.2) is 35.8 Å². The van der Waals surface area contributed by atoms with Gasteiger partial charge in [-0.05, 0) is 50.9 Å². The topological polar surface area (TPSA) is 38.5 Å². The normalized spacial score (nSPS) is 25.0. The lowest BCUT2D eigenvalue weighted by molar-refractivity contribution is 0.0367. The van der Waals surface area contributed by atoms with Gasteiger partial charge in [-0.1, -0.05) is 23.7 Å². The molecule has 0 aliphatic carbocycles. The molecule has 0 radical (unpaired) electrons. The Kier molecular flexibility index (Phi) is 4.33. The Morgan fingerprint density at radius 1 is 1.09 bits per heavy atom. The summed E-state index contributed by atoms with van der Waals surface area (Å²) in [5, 5.41) is 3.81. The molecule has 3 heterocycles. The number of para-hydroxylation sites is 1. The smallest absolute Gasteiger partial charge is 0.170 e. The van der Waals surface area contributed by atoms with Crippen molar-refractivity contribution in [3.8, 4) is 17.1 Å². The number of nitrogens with zero attached hydrogens (tertiary/aromatic N) is 2. The summed E-state index contributed by atoms with van der Waals surface area (Å²) in [5.74, 6) is 2.31. The van der Waals surface area contributed by atoms with E-state index < -0.39 is 0 Å². The molecule has 2 atom stereocenters. The lowest BCUT2D eigenvalue weighted by Gasteiger charge is -2.44. The number of aromatic nitrogens is 1. The van der Waals surface area contributed by atoms with E-state index in [1.165, 1.54) is 45.2 Å². The van der Waals surface area contributed by atoms with Crippen LogP contribution in [-0.2, 0) is 0 Å². The van der Waals surface area contributed by atoms with E-state index in [4.69, 9.17) is 9.26 Å². The molecule has 122 valence electrons. The molecule has 4 rings (SSSR count). The van der Waals surface area contributed by atoms with E-state index in [-0.39, 0.29) is 0 Å². The largest absolute Gasteiger partial charge is 0.492 e. The van der Waals surface area contributed by atoms with Gasteiger partial charge in [0, 0.05) is 18.0 Å². The molecule has 0 unspecified atom stereocenters. The molecule has 0 bridgehead atoms. The molecule has 2 aliphatic rings. The SMILES string of the molecule is c1ccc(-c2ccno2)c(OC[C@@H]2CCCN3CCCC[C@H]23)c1.